The molecule has 0 unspecified atom stereocenters. The zero-order valence-electron chi connectivity index (χ0n) is 14.5. The number of carbonyl (C=O) groups is 1. The predicted octanol–water partition coefficient (Wildman–Crippen LogP) is 3.12. The highest BCUT2D eigenvalue weighted by Crippen LogP contribution is 2.29. The lowest BCUT2D eigenvalue weighted by Crippen LogP contribution is -2.38. The van der Waals surface area contributed by atoms with Crippen LogP contribution in [0.3, 0.4) is 0 Å². The Kier molecular flexibility index (Phi) is 4.79. The number of hydrogen-bond donors (Lipinski definition) is 0. The number of piperidine rings is 1. The van der Waals surface area contributed by atoms with Crippen molar-refractivity contribution in [2.24, 2.45) is 0 Å². The molecule has 5 nitrogen and oxygen atoms in total. The molecule has 126 valence electrons. The lowest BCUT2D eigenvalue weighted by atomic mass is 9.87. The molecule has 2 aromatic rings. The van der Waals surface area contributed by atoms with Gasteiger partial charge in [-0.25, -0.2) is 9.97 Å². The largest absolute Gasteiger partial charge is 0.467 e. The van der Waals surface area contributed by atoms with Gasteiger partial charge in [0.25, 0.3) is 5.91 Å². The van der Waals surface area contributed by atoms with Gasteiger partial charge in [-0.1, -0.05) is 29.3 Å². The first-order valence-corrected chi connectivity index (χ1v) is 8.30. The summed E-state index contributed by atoms with van der Waals surface area (Å²) in [7, 11) is 1.51. The molecule has 0 atom stereocenters. The number of aromatic nitrogens is 2. The Labute approximate surface area is 142 Å². The quantitative estimate of drug-likeness (QED) is 0.870. The molecule has 0 aliphatic carbocycles. The van der Waals surface area contributed by atoms with Gasteiger partial charge in [-0.3, -0.25) is 4.79 Å². The van der Waals surface area contributed by atoms with Gasteiger partial charge in [0.15, 0.2) is 0 Å². The average molecular weight is 325 g/mol. The van der Waals surface area contributed by atoms with Gasteiger partial charge in [0, 0.05) is 25.5 Å². The van der Waals surface area contributed by atoms with Gasteiger partial charge in [0.1, 0.15) is 0 Å². The normalized spacial score (nSPS) is 15.4. The molecule has 1 saturated heterocycles. The summed E-state index contributed by atoms with van der Waals surface area (Å²) in [5.74, 6) is 0.524. The zero-order chi connectivity index (χ0) is 17.1. The Hall–Kier alpha value is -2.43. The third kappa shape index (κ3) is 3.55. The Morgan fingerprint density at radius 2 is 1.67 bits per heavy atom. The van der Waals surface area contributed by atoms with E-state index >= 15 is 0 Å². The maximum atomic E-state index is 12.6. The lowest BCUT2D eigenvalue weighted by molar-refractivity contribution is 0.0712. The number of likely N-dealkylation sites (tertiary alicyclic amines) is 1. The fourth-order valence-electron chi connectivity index (χ4n) is 3.38. The number of amides is 1. The summed E-state index contributed by atoms with van der Waals surface area (Å²) in [6.45, 7) is 5.81. The molecule has 0 bridgehead atoms. The lowest BCUT2D eigenvalue weighted by Gasteiger charge is -2.32. The van der Waals surface area contributed by atoms with Crippen LogP contribution in [0.5, 0.6) is 6.01 Å². The molecule has 0 radical (unpaired) electrons. The fraction of sp³-hybridized carbons (Fsp3) is 0.421. The van der Waals surface area contributed by atoms with Crippen LogP contribution in [-0.4, -0.2) is 41.0 Å². The van der Waals surface area contributed by atoms with Crippen LogP contribution in [0.2, 0.25) is 0 Å². The number of nitrogens with zero attached hydrogens (tertiary/aromatic N) is 3. The maximum Gasteiger partial charge on any atom is 0.316 e. The van der Waals surface area contributed by atoms with Crippen molar-refractivity contribution in [3.8, 4) is 6.01 Å². The van der Waals surface area contributed by atoms with Crippen molar-refractivity contribution in [2.75, 3.05) is 20.2 Å². The molecule has 1 aromatic heterocycles. The smallest absolute Gasteiger partial charge is 0.316 e. The Balaban J connectivity index is 1.64. The number of ether oxygens (including phenoxy) is 1. The van der Waals surface area contributed by atoms with Crippen molar-refractivity contribution >= 4 is 5.91 Å². The van der Waals surface area contributed by atoms with E-state index in [0.29, 0.717) is 11.5 Å². The Morgan fingerprint density at radius 1 is 1.08 bits per heavy atom. The molecule has 24 heavy (non-hydrogen) atoms. The summed E-state index contributed by atoms with van der Waals surface area (Å²) in [6, 6.07) is 7.02. The molecule has 5 heteroatoms. The molecule has 0 N–H and O–H groups in total. The fourth-order valence-corrected chi connectivity index (χ4v) is 3.38. The van der Waals surface area contributed by atoms with Crippen LogP contribution < -0.4 is 4.74 Å². The van der Waals surface area contributed by atoms with E-state index in [9.17, 15) is 4.79 Å². The zero-order valence-corrected chi connectivity index (χ0v) is 14.5. The minimum atomic E-state index is -0.00322. The van der Waals surface area contributed by atoms with Crippen LogP contribution in [0.25, 0.3) is 0 Å². The molecule has 1 amide bonds. The second-order valence-corrected chi connectivity index (χ2v) is 6.45. The van der Waals surface area contributed by atoms with E-state index in [0.717, 1.165) is 25.9 Å². The maximum absolute atomic E-state index is 12.6. The van der Waals surface area contributed by atoms with Crippen molar-refractivity contribution in [1.82, 2.24) is 14.9 Å². The number of aryl methyl sites for hydroxylation is 2. The van der Waals surface area contributed by atoms with E-state index in [-0.39, 0.29) is 11.9 Å². The summed E-state index contributed by atoms with van der Waals surface area (Å²) in [4.78, 5) is 22.5. The minimum Gasteiger partial charge on any atom is -0.467 e. The average Bonchev–Trinajstić information content (AvgIpc) is 2.60. The van der Waals surface area contributed by atoms with E-state index in [2.05, 4.69) is 42.0 Å². The summed E-state index contributed by atoms with van der Waals surface area (Å²) >= 11 is 0. The van der Waals surface area contributed by atoms with E-state index in [1.165, 1.54) is 36.2 Å². The molecule has 1 aliphatic heterocycles. The molecule has 0 spiro atoms. The third-order valence-corrected chi connectivity index (χ3v) is 4.56. The predicted molar refractivity (Wildman–Crippen MR) is 92.4 cm³/mol. The molecule has 2 heterocycles. The van der Waals surface area contributed by atoms with Crippen LogP contribution in [0.4, 0.5) is 0 Å². The molecule has 1 aliphatic rings. The van der Waals surface area contributed by atoms with Crippen molar-refractivity contribution in [2.45, 2.75) is 32.6 Å². The molecule has 1 aromatic carbocycles. The van der Waals surface area contributed by atoms with E-state index in [4.69, 9.17) is 4.74 Å². The summed E-state index contributed by atoms with van der Waals surface area (Å²) in [5.41, 5.74) is 4.52. The molecular formula is C19H23N3O2. The Morgan fingerprint density at radius 3 is 2.21 bits per heavy atom. The molecular weight excluding hydrogens is 302 g/mol. The van der Waals surface area contributed by atoms with E-state index < -0.39 is 0 Å². The highest BCUT2D eigenvalue weighted by atomic mass is 16.5. The van der Waals surface area contributed by atoms with Crippen LogP contribution in [0, 0.1) is 13.8 Å². The van der Waals surface area contributed by atoms with Gasteiger partial charge < -0.3 is 9.64 Å². The number of rotatable bonds is 3. The summed E-state index contributed by atoms with van der Waals surface area (Å²) in [6.07, 6.45) is 5.05. The number of carbonyl (C=O) groups excluding carboxylic acids is 1. The third-order valence-electron chi connectivity index (χ3n) is 4.56. The first-order chi connectivity index (χ1) is 11.6. The molecule has 0 saturated carbocycles. The first-order valence-electron chi connectivity index (χ1n) is 8.30. The van der Waals surface area contributed by atoms with Crippen LogP contribution in [-0.2, 0) is 0 Å². The Bertz CT molecular complexity index is 700. The van der Waals surface area contributed by atoms with Gasteiger partial charge in [-0.15, -0.1) is 0 Å². The van der Waals surface area contributed by atoms with Crippen LogP contribution >= 0.6 is 0 Å². The highest BCUT2D eigenvalue weighted by molar-refractivity contribution is 5.93. The van der Waals surface area contributed by atoms with Crippen molar-refractivity contribution in [3.05, 3.63) is 52.8 Å². The van der Waals surface area contributed by atoms with Crippen molar-refractivity contribution < 1.29 is 9.53 Å². The minimum absolute atomic E-state index is 0.00322. The van der Waals surface area contributed by atoms with Gasteiger partial charge in [-0.05, 0) is 38.2 Å². The molecule has 3 rings (SSSR count). The van der Waals surface area contributed by atoms with Gasteiger partial charge >= 0.3 is 6.01 Å². The van der Waals surface area contributed by atoms with E-state index in [1.54, 1.807) is 0 Å². The van der Waals surface area contributed by atoms with Crippen molar-refractivity contribution in [1.29, 1.82) is 0 Å². The van der Waals surface area contributed by atoms with Crippen LogP contribution in [0.1, 0.15) is 45.8 Å². The van der Waals surface area contributed by atoms with Gasteiger partial charge in [0.05, 0.1) is 12.7 Å². The number of methoxy groups -OCH3 is 1. The van der Waals surface area contributed by atoms with Crippen molar-refractivity contribution in [3.63, 3.8) is 0 Å². The highest BCUT2D eigenvalue weighted by Gasteiger charge is 2.25. The SMILES string of the molecule is COc1ncc(C(=O)N2CCC(c3cc(C)cc(C)c3)CC2)cn1. The monoisotopic (exact) mass is 325 g/mol. The van der Waals surface area contributed by atoms with Gasteiger partial charge in [0.2, 0.25) is 0 Å². The second kappa shape index (κ2) is 6.99. The molecule has 1 fully saturated rings. The number of hydrogen-bond acceptors (Lipinski definition) is 4. The standard InChI is InChI=1S/C19H23N3O2/c1-13-8-14(2)10-16(9-13)15-4-6-22(7-5-15)18(23)17-11-20-19(24-3)21-12-17/h8-12,15H,4-7H2,1-3H3. The van der Waals surface area contributed by atoms with Crippen LogP contribution in [0.15, 0.2) is 30.6 Å². The van der Waals surface area contributed by atoms with Gasteiger partial charge in [-0.2, -0.15) is 0 Å². The summed E-state index contributed by atoms with van der Waals surface area (Å²) < 4.78 is 4.93. The number of benzene rings is 1. The topological polar surface area (TPSA) is 55.3 Å². The second-order valence-electron chi connectivity index (χ2n) is 6.45. The summed E-state index contributed by atoms with van der Waals surface area (Å²) in [5, 5.41) is 0. The first kappa shape index (κ1) is 16.4. The van der Waals surface area contributed by atoms with E-state index in [1.807, 2.05) is 4.90 Å².